The first-order valence-electron chi connectivity index (χ1n) is 8.60. The zero-order chi connectivity index (χ0) is 19.5. The zero-order valence-electron chi connectivity index (χ0n) is 15.1. The van der Waals surface area contributed by atoms with Gasteiger partial charge in [0.25, 0.3) is 0 Å². The van der Waals surface area contributed by atoms with Gasteiger partial charge in [-0.1, -0.05) is 36.4 Å². The largest absolute Gasteiger partial charge is 0.489 e. The van der Waals surface area contributed by atoms with Gasteiger partial charge in [0, 0.05) is 18.2 Å². The number of benzene rings is 2. The van der Waals surface area contributed by atoms with Gasteiger partial charge >= 0.3 is 5.97 Å². The minimum Gasteiger partial charge on any atom is -0.489 e. The van der Waals surface area contributed by atoms with Crippen molar-refractivity contribution in [3.63, 3.8) is 0 Å². The normalized spacial score (nSPS) is 9.96. The van der Waals surface area contributed by atoms with E-state index in [1.54, 1.807) is 13.0 Å². The number of carbonyl (C=O) groups is 2. The van der Waals surface area contributed by atoms with E-state index < -0.39 is 5.97 Å². The summed E-state index contributed by atoms with van der Waals surface area (Å²) in [7, 11) is 0. The molecule has 27 heavy (non-hydrogen) atoms. The van der Waals surface area contributed by atoms with E-state index >= 15 is 0 Å². The van der Waals surface area contributed by atoms with Gasteiger partial charge in [-0.15, -0.1) is 0 Å². The summed E-state index contributed by atoms with van der Waals surface area (Å²) in [6.07, 6.45) is 0.0337. The average Bonchev–Trinajstić information content (AvgIpc) is 2.66. The average molecular weight is 386 g/mol. The lowest BCUT2D eigenvalue weighted by molar-refractivity contribution is -0.144. The highest BCUT2D eigenvalue weighted by molar-refractivity contribution is 7.80. The van der Waals surface area contributed by atoms with Crippen LogP contribution in [0, 0.1) is 0 Å². The van der Waals surface area contributed by atoms with Gasteiger partial charge < -0.3 is 20.1 Å². The van der Waals surface area contributed by atoms with E-state index in [9.17, 15) is 9.59 Å². The summed E-state index contributed by atoms with van der Waals surface area (Å²) in [5, 5.41) is 5.62. The van der Waals surface area contributed by atoms with E-state index in [1.807, 2.05) is 48.5 Å². The molecule has 0 aliphatic carbocycles. The lowest BCUT2D eigenvalue weighted by Gasteiger charge is -2.11. The molecule has 0 bridgehead atoms. The zero-order valence-corrected chi connectivity index (χ0v) is 15.9. The second-order valence-electron chi connectivity index (χ2n) is 5.61. The molecule has 0 spiro atoms. The molecular formula is C20H22N2O4S. The van der Waals surface area contributed by atoms with Crippen molar-refractivity contribution in [1.82, 2.24) is 5.32 Å². The summed E-state index contributed by atoms with van der Waals surface area (Å²) < 4.78 is 10.5. The van der Waals surface area contributed by atoms with Gasteiger partial charge in [-0.05, 0) is 36.8 Å². The van der Waals surface area contributed by atoms with Crippen LogP contribution in [-0.2, 0) is 20.9 Å². The van der Waals surface area contributed by atoms with Crippen LogP contribution in [0.4, 0.5) is 5.69 Å². The minimum absolute atomic E-state index is 0.0148. The molecule has 0 aromatic heterocycles. The van der Waals surface area contributed by atoms with Gasteiger partial charge in [-0.2, -0.15) is 0 Å². The molecule has 142 valence electrons. The molecular weight excluding hydrogens is 364 g/mol. The summed E-state index contributed by atoms with van der Waals surface area (Å²) in [6, 6.07) is 17.1. The van der Waals surface area contributed by atoms with Crippen molar-refractivity contribution in [3.05, 3.63) is 60.2 Å². The topological polar surface area (TPSA) is 76.7 Å². The van der Waals surface area contributed by atoms with Crippen molar-refractivity contribution in [1.29, 1.82) is 0 Å². The Labute approximate surface area is 163 Å². The number of nitrogens with one attached hydrogen (secondary N) is 2. The molecule has 6 nitrogen and oxygen atoms in total. The molecule has 0 atom stereocenters. The Bertz CT molecular complexity index is 781. The van der Waals surface area contributed by atoms with Crippen molar-refractivity contribution >= 4 is 34.9 Å². The van der Waals surface area contributed by atoms with E-state index in [0.29, 0.717) is 24.7 Å². The number of esters is 1. The fraction of sp³-hybridized carbons (Fsp3) is 0.250. The van der Waals surface area contributed by atoms with E-state index in [0.717, 1.165) is 5.56 Å². The molecule has 1 amide bonds. The highest BCUT2D eigenvalue weighted by Gasteiger charge is 2.09. The first kappa shape index (κ1) is 20.4. The quantitative estimate of drug-likeness (QED) is 0.535. The summed E-state index contributed by atoms with van der Waals surface area (Å²) in [5.74, 6) is -0.0767. The smallest absolute Gasteiger partial charge is 0.306 e. The van der Waals surface area contributed by atoms with Gasteiger partial charge in [0.05, 0.1) is 13.0 Å². The van der Waals surface area contributed by atoms with E-state index in [-0.39, 0.29) is 23.9 Å². The van der Waals surface area contributed by atoms with Crippen LogP contribution in [0.3, 0.4) is 0 Å². The molecule has 2 aromatic rings. The SMILES string of the molecule is CCOC(=O)CCC(=O)NC(=S)Nc1cccc(OCc2ccccc2)c1. The minimum atomic E-state index is -0.408. The van der Waals surface area contributed by atoms with Crippen LogP contribution in [0.5, 0.6) is 5.75 Å². The third-order valence-electron chi connectivity index (χ3n) is 3.45. The second kappa shape index (κ2) is 10.9. The molecule has 0 saturated carbocycles. The molecule has 7 heteroatoms. The molecule has 0 aliphatic heterocycles. The van der Waals surface area contributed by atoms with Crippen molar-refractivity contribution in [2.45, 2.75) is 26.4 Å². The van der Waals surface area contributed by atoms with Crippen LogP contribution in [0.2, 0.25) is 0 Å². The van der Waals surface area contributed by atoms with Crippen molar-refractivity contribution in [2.75, 3.05) is 11.9 Å². The highest BCUT2D eigenvalue weighted by atomic mass is 32.1. The monoisotopic (exact) mass is 386 g/mol. The Morgan fingerprint density at radius 1 is 1.04 bits per heavy atom. The van der Waals surface area contributed by atoms with Gasteiger partial charge in [0.2, 0.25) is 5.91 Å². The molecule has 0 unspecified atom stereocenters. The number of hydrogen-bond acceptors (Lipinski definition) is 5. The van der Waals surface area contributed by atoms with Gasteiger partial charge in [0.15, 0.2) is 5.11 Å². The van der Waals surface area contributed by atoms with Crippen LogP contribution < -0.4 is 15.4 Å². The number of carbonyl (C=O) groups excluding carboxylic acids is 2. The number of ether oxygens (including phenoxy) is 2. The Morgan fingerprint density at radius 2 is 1.81 bits per heavy atom. The lowest BCUT2D eigenvalue weighted by atomic mass is 10.2. The Kier molecular flexibility index (Phi) is 8.25. The van der Waals surface area contributed by atoms with E-state index in [2.05, 4.69) is 10.6 Å². The number of amides is 1. The molecule has 0 saturated heterocycles. The van der Waals surface area contributed by atoms with Crippen LogP contribution in [0.25, 0.3) is 0 Å². The number of thiocarbonyl (C=S) groups is 1. The third-order valence-corrected chi connectivity index (χ3v) is 3.66. The van der Waals surface area contributed by atoms with Crippen LogP contribution in [0.15, 0.2) is 54.6 Å². The lowest BCUT2D eigenvalue weighted by Crippen LogP contribution is -2.34. The van der Waals surface area contributed by atoms with Crippen LogP contribution in [0.1, 0.15) is 25.3 Å². The Hall–Kier alpha value is -2.93. The number of hydrogen-bond donors (Lipinski definition) is 2. The molecule has 2 rings (SSSR count). The fourth-order valence-electron chi connectivity index (χ4n) is 2.20. The predicted octanol–water partition coefficient (Wildman–Crippen LogP) is 3.42. The number of anilines is 1. The Balaban J connectivity index is 1.79. The molecule has 0 heterocycles. The van der Waals surface area contributed by atoms with Crippen molar-refractivity contribution in [3.8, 4) is 5.75 Å². The summed E-state index contributed by atoms with van der Waals surface area (Å²) in [5.41, 5.74) is 1.76. The maximum Gasteiger partial charge on any atom is 0.306 e. The molecule has 0 fully saturated rings. The summed E-state index contributed by atoms with van der Waals surface area (Å²) >= 11 is 5.13. The molecule has 2 aromatic carbocycles. The number of rotatable bonds is 8. The Morgan fingerprint density at radius 3 is 2.56 bits per heavy atom. The van der Waals surface area contributed by atoms with Crippen molar-refractivity contribution in [2.24, 2.45) is 0 Å². The van der Waals surface area contributed by atoms with E-state index in [1.165, 1.54) is 0 Å². The molecule has 0 aliphatic rings. The third kappa shape index (κ3) is 7.87. The van der Waals surface area contributed by atoms with Gasteiger partial charge in [-0.25, -0.2) is 0 Å². The highest BCUT2D eigenvalue weighted by Crippen LogP contribution is 2.18. The standard InChI is InChI=1S/C20H22N2O4S/c1-2-25-19(24)12-11-18(23)22-20(27)21-16-9-6-10-17(13-16)26-14-15-7-4-3-5-8-15/h3-10,13H,2,11-12,14H2,1H3,(H2,21,22,23,27). The second-order valence-corrected chi connectivity index (χ2v) is 6.02. The van der Waals surface area contributed by atoms with Crippen LogP contribution in [-0.4, -0.2) is 23.6 Å². The van der Waals surface area contributed by atoms with E-state index in [4.69, 9.17) is 21.7 Å². The molecule has 2 N–H and O–H groups in total. The maximum atomic E-state index is 11.8. The van der Waals surface area contributed by atoms with Crippen molar-refractivity contribution < 1.29 is 19.1 Å². The van der Waals surface area contributed by atoms with Gasteiger partial charge in [0.1, 0.15) is 12.4 Å². The molecule has 0 radical (unpaired) electrons. The predicted molar refractivity (Wildman–Crippen MR) is 107 cm³/mol. The first-order chi connectivity index (χ1) is 13.1. The summed E-state index contributed by atoms with van der Waals surface area (Å²) in [4.78, 5) is 23.1. The fourth-order valence-corrected chi connectivity index (χ4v) is 2.44. The van der Waals surface area contributed by atoms with Crippen LogP contribution >= 0.6 is 12.2 Å². The maximum absolute atomic E-state index is 11.8. The van der Waals surface area contributed by atoms with Gasteiger partial charge in [-0.3, -0.25) is 9.59 Å². The summed E-state index contributed by atoms with van der Waals surface area (Å²) in [6.45, 7) is 2.47. The first-order valence-corrected chi connectivity index (χ1v) is 9.01.